The fourth-order valence-electron chi connectivity index (χ4n) is 2.30. The minimum absolute atomic E-state index is 0.0585. The Balaban J connectivity index is 2.86. The molecule has 2 unspecified atom stereocenters. The van der Waals surface area contributed by atoms with E-state index < -0.39 is 0 Å². The molecule has 1 aromatic carbocycles. The SMILES string of the molecule is Cc1ccc(C(C)NC(CC(C)C)C(=O)N(C)C)cc1F. The summed E-state index contributed by atoms with van der Waals surface area (Å²) in [4.78, 5) is 13.9. The summed E-state index contributed by atoms with van der Waals surface area (Å²) in [6.45, 7) is 7.89. The first-order chi connectivity index (χ1) is 9.72. The number of carbonyl (C=O) groups is 1. The number of hydrogen-bond donors (Lipinski definition) is 1. The molecule has 118 valence electrons. The van der Waals surface area contributed by atoms with Crippen LogP contribution < -0.4 is 5.32 Å². The van der Waals surface area contributed by atoms with Crippen molar-refractivity contribution in [3.05, 3.63) is 35.1 Å². The predicted molar refractivity (Wildman–Crippen MR) is 84.6 cm³/mol. The first-order valence-corrected chi connectivity index (χ1v) is 7.45. The Morgan fingerprint density at radius 2 is 1.90 bits per heavy atom. The molecule has 0 aliphatic heterocycles. The Kier molecular flexibility index (Phi) is 6.34. The van der Waals surface area contributed by atoms with Crippen LogP contribution in [-0.2, 0) is 4.79 Å². The molecule has 0 bridgehead atoms. The molecular weight excluding hydrogens is 267 g/mol. The number of likely N-dealkylation sites (N-methyl/N-ethyl adjacent to an activating group) is 1. The first kappa shape index (κ1) is 17.6. The molecule has 0 saturated carbocycles. The van der Waals surface area contributed by atoms with Crippen molar-refractivity contribution in [3.63, 3.8) is 0 Å². The Morgan fingerprint density at radius 3 is 2.38 bits per heavy atom. The number of carbonyl (C=O) groups excluding carboxylic acids is 1. The van der Waals surface area contributed by atoms with Gasteiger partial charge < -0.3 is 4.90 Å². The summed E-state index contributed by atoms with van der Waals surface area (Å²) >= 11 is 0. The van der Waals surface area contributed by atoms with E-state index in [1.807, 2.05) is 13.0 Å². The molecule has 3 nitrogen and oxygen atoms in total. The van der Waals surface area contributed by atoms with Crippen molar-refractivity contribution < 1.29 is 9.18 Å². The van der Waals surface area contributed by atoms with Gasteiger partial charge >= 0.3 is 0 Å². The highest BCUT2D eigenvalue weighted by molar-refractivity contribution is 5.81. The standard InChI is InChI=1S/C17H27FN2O/c1-11(2)9-16(17(21)20(5)6)19-13(4)14-8-7-12(3)15(18)10-14/h7-8,10-11,13,16,19H,9H2,1-6H3. The van der Waals surface area contributed by atoms with E-state index in [0.717, 1.165) is 12.0 Å². The molecule has 2 atom stereocenters. The Morgan fingerprint density at radius 1 is 1.29 bits per heavy atom. The lowest BCUT2D eigenvalue weighted by Crippen LogP contribution is -2.45. The van der Waals surface area contributed by atoms with Crippen LogP contribution in [0.3, 0.4) is 0 Å². The quantitative estimate of drug-likeness (QED) is 0.873. The number of halogens is 1. The molecule has 0 spiro atoms. The second kappa shape index (κ2) is 7.55. The van der Waals surface area contributed by atoms with E-state index in [-0.39, 0.29) is 23.8 Å². The van der Waals surface area contributed by atoms with Crippen LogP contribution >= 0.6 is 0 Å². The maximum Gasteiger partial charge on any atom is 0.239 e. The van der Waals surface area contributed by atoms with Crippen molar-refractivity contribution in [2.75, 3.05) is 14.1 Å². The second-order valence-corrected chi connectivity index (χ2v) is 6.31. The fraction of sp³-hybridized carbons (Fsp3) is 0.588. The smallest absolute Gasteiger partial charge is 0.239 e. The van der Waals surface area contributed by atoms with Crippen LogP contribution in [0.25, 0.3) is 0 Å². The molecule has 4 heteroatoms. The molecule has 1 amide bonds. The molecular formula is C17H27FN2O. The molecule has 21 heavy (non-hydrogen) atoms. The molecule has 0 aliphatic rings. The van der Waals surface area contributed by atoms with E-state index in [0.29, 0.717) is 11.5 Å². The van der Waals surface area contributed by atoms with Gasteiger partial charge in [0.25, 0.3) is 0 Å². The van der Waals surface area contributed by atoms with Crippen LogP contribution in [0.2, 0.25) is 0 Å². The Labute approximate surface area is 127 Å². The molecule has 0 fully saturated rings. The van der Waals surface area contributed by atoms with Crippen LogP contribution in [0.5, 0.6) is 0 Å². The minimum Gasteiger partial charge on any atom is -0.347 e. The monoisotopic (exact) mass is 294 g/mol. The van der Waals surface area contributed by atoms with Crippen LogP contribution in [0.4, 0.5) is 4.39 Å². The van der Waals surface area contributed by atoms with E-state index in [2.05, 4.69) is 19.2 Å². The highest BCUT2D eigenvalue weighted by Crippen LogP contribution is 2.18. The zero-order valence-electron chi connectivity index (χ0n) is 13.9. The van der Waals surface area contributed by atoms with Gasteiger partial charge in [-0.15, -0.1) is 0 Å². The topological polar surface area (TPSA) is 32.3 Å². The van der Waals surface area contributed by atoms with E-state index >= 15 is 0 Å². The molecule has 1 rings (SSSR count). The zero-order chi connectivity index (χ0) is 16.2. The van der Waals surface area contributed by atoms with Gasteiger partial charge in [0.2, 0.25) is 5.91 Å². The lowest BCUT2D eigenvalue weighted by molar-refractivity contribution is -0.131. The van der Waals surface area contributed by atoms with Crippen LogP contribution in [0.1, 0.15) is 44.4 Å². The molecule has 0 aliphatic carbocycles. The summed E-state index contributed by atoms with van der Waals surface area (Å²) in [5.41, 5.74) is 1.49. The number of amides is 1. The average Bonchev–Trinajstić information content (AvgIpc) is 2.39. The number of nitrogens with zero attached hydrogens (tertiary/aromatic N) is 1. The van der Waals surface area contributed by atoms with Crippen molar-refractivity contribution in [3.8, 4) is 0 Å². The maximum atomic E-state index is 13.7. The number of rotatable bonds is 6. The third-order valence-electron chi connectivity index (χ3n) is 3.59. The zero-order valence-corrected chi connectivity index (χ0v) is 13.9. The van der Waals surface area contributed by atoms with Crippen molar-refractivity contribution in [1.82, 2.24) is 10.2 Å². The molecule has 0 aromatic heterocycles. The number of hydrogen-bond acceptors (Lipinski definition) is 2. The van der Waals surface area contributed by atoms with Crippen LogP contribution in [-0.4, -0.2) is 30.9 Å². The van der Waals surface area contributed by atoms with Crippen molar-refractivity contribution in [1.29, 1.82) is 0 Å². The first-order valence-electron chi connectivity index (χ1n) is 7.45. The third-order valence-corrected chi connectivity index (χ3v) is 3.59. The number of nitrogens with one attached hydrogen (secondary N) is 1. The lowest BCUT2D eigenvalue weighted by Gasteiger charge is -2.26. The van der Waals surface area contributed by atoms with Crippen molar-refractivity contribution >= 4 is 5.91 Å². The number of benzene rings is 1. The van der Waals surface area contributed by atoms with Crippen molar-refractivity contribution in [2.24, 2.45) is 5.92 Å². The fourth-order valence-corrected chi connectivity index (χ4v) is 2.30. The maximum absolute atomic E-state index is 13.7. The van der Waals surface area contributed by atoms with Gasteiger partial charge in [-0.3, -0.25) is 10.1 Å². The van der Waals surface area contributed by atoms with E-state index in [1.54, 1.807) is 38.1 Å². The highest BCUT2D eigenvalue weighted by atomic mass is 19.1. The third kappa shape index (κ3) is 5.12. The summed E-state index contributed by atoms with van der Waals surface area (Å²) in [5.74, 6) is 0.261. The van der Waals surface area contributed by atoms with Gasteiger partial charge in [-0.25, -0.2) is 4.39 Å². The molecule has 0 heterocycles. The van der Waals surface area contributed by atoms with Crippen LogP contribution in [0.15, 0.2) is 18.2 Å². The average molecular weight is 294 g/mol. The van der Waals surface area contributed by atoms with Gasteiger partial charge in [0.15, 0.2) is 0 Å². The van der Waals surface area contributed by atoms with Crippen LogP contribution in [0, 0.1) is 18.7 Å². The summed E-state index contributed by atoms with van der Waals surface area (Å²) in [6, 6.07) is 4.89. The van der Waals surface area contributed by atoms with Gasteiger partial charge in [0.05, 0.1) is 6.04 Å². The van der Waals surface area contributed by atoms with Gasteiger partial charge in [-0.05, 0) is 43.4 Å². The van der Waals surface area contributed by atoms with Gasteiger partial charge in [-0.1, -0.05) is 26.0 Å². The predicted octanol–water partition coefficient (Wildman–Crippen LogP) is 3.29. The van der Waals surface area contributed by atoms with Gasteiger partial charge in [0, 0.05) is 20.1 Å². The van der Waals surface area contributed by atoms with Gasteiger partial charge in [0.1, 0.15) is 5.82 Å². The van der Waals surface area contributed by atoms with E-state index in [1.165, 1.54) is 0 Å². The summed E-state index contributed by atoms with van der Waals surface area (Å²) < 4.78 is 13.7. The lowest BCUT2D eigenvalue weighted by atomic mass is 9.99. The molecule has 0 radical (unpaired) electrons. The number of aryl methyl sites for hydroxylation is 1. The minimum atomic E-state index is -0.251. The van der Waals surface area contributed by atoms with Crippen molar-refractivity contribution in [2.45, 2.75) is 46.2 Å². The Bertz CT molecular complexity index is 486. The Hall–Kier alpha value is -1.42. The second-order valence-electron chi connectivity index (χ2n) is 6.31. The summed E-state index contributed by atoms with van der Waals surface area (Å²) in [5, 5.41) is 3.33. The molecule has 1 aromatic rings. The normalized spacial score (nSPS) is 14.1. The highest BCUT2D eigenvalue weighted by Gasteiger charge is 2.23. The van der Waals surface area contributed by atoms with E-state index in [9.17, 15) is 9.18 Å². The summed E-state index contributed by atoms with van der Waals surface area (Å²) in [7, 11) is 3.51. The molecule has 1 N–H and O–H groups in total. The van der Waals surface area contributed by atoms with Gasteiger partial charge in [-0.2, -0.15) is 0 Å². The summed E-state index contributed by atoms with van der Waals surface area (Å²) in [6.07, 6.45) is 0.760. The largest absolute Gasteiger partial charge is 0.347 e. The van der Waals surface area contributed by atoms with E-state index in [4.69, 9.17) is 0 Å². The molecule has 0 saturated heterocycles.